The van der Waals surface area contributed by atoms with E-state index < -0.39 is 23.3 Å². The van der Waals surface area contributed by atoms with Crippen molar-refractivity contribution in [2.24, 2.45) is 5.41 Å². The van der Waals surface area contributed by atoms with Crippen LogP contribution >= 0.6 is 0 Å². The molecule has 5 nitrogen and oxygen atoms in total. The number of alkyl halides is 1. The molecule has 116 valence electrons. The number of carbonyl (C=O) groups excluding carboxylic acids is 2. The molecule has 0 spiro atoms. The lowest BCUT2D eigenvalue weighted by Crippen LogP contribution is -2.54. The zero-order valence-corrected chi connectivity index (χ0v) is 13.0. The molecule has 0 aromatic carbocycles. The van der Waals surface area contributed by atoms with Crippen LogP contribution in [-0.4, -0.2) is 48.3 Å². The van der Waals surface area contributed by atoms with Crippen LogP contribution in [0.4, 0.5) is 9.18 Å². The highest BCUT2D eigenvalue weighted by Crippen LogP contribution is 2.33. The summed E-state index contributed by atoms with van der Waals surface area (Å²) in [5.41, 5.74) is -1.22. The van der Waals surface area contributed by atoms with Gasteiger partial charge in [0.25, 0.3) is 0 Å². The van der Waals surface area contributed by atoms with Gasteiger partial charge in [-0.25, -0.2) is 9.18 Å². The molecule has 1 N–H and O–H groups in total. The van der Waals surface area contributed by atoms with Crippen molar-refractivity contribution >= 4 is 12.0 Å². The van der Waals surface area contributed by atoms with E-state index in [0.717, 1.165) is 0 Å². The van der Waals surface area contributed by atoms with Gasteiger partial charge in [0, 0.05) is 25.4 Å². The lowest BCUT2D eigenvalue weighted by Gasteiger charge is -2.42. The highest BCUT2D eigenvalue weighted by Gasteiger charge is 2.42. The van der Waals surface area contributed by atoms with Crippen molar-refractivity contribution in [1.29, 1.82) is 0 Å². The van der Waals surface area contributed by atoms with Crippen LogP contribution in [0.1, 0.15) is 41.0 Å². The second-order valence-corrected chi connectivity index (χ2v) is 6.71. The summed E-state index contributed by atoms with van der Waals surface area (Å²) in [5, 5.41) is 2.65. The molecule has 0 aliphatic carbocycles. The van der Waals surface area contributed by atoms with Crippen LogP contribution in [-0.2, 0) is 9.53 Å². The SMILES string of the molecule is CC(=O)NC[C@@]1(C)CCN(C(=O)OC(C)(C)C)C[C@@H]1F. The number of halogens is 1. The minimum absolute atomic E-state index is 0.00496. The minimum atomic E-state index is -1.18. The first-order valence-electron chi connectivity index (χ1n) is 6.90. The Morgan fingerprint density at radius 1 is 1.45 bits per heavy atom. The molecule has 1 aliphatic rings. The van der Waals surface area contributed by atoms with E-state index in [9.17, 15) is 14.0 Å². The number of hydrogen-bond acceptors (Lipinski definition) is 3. The van der Waals surface area contributed by atoms with Gasteiger partial charge >= 0.3 is 6.09 Å². The van der Waals surface area contributed by atoms with Crippen molar-refractivity contribution in [3.63, 3.8) is 0 Å². The Labute approximate surface area is 119 Å². The zero-order valence-electron chi connectivity index (χ0n) is 13.0. The molecule has 1 rings (SSSR count). The van der Waals surface area contributed by atoms with Gasteiger partial charge in [0.15, 0.2) is 0 Å². The number of rotatable bonds is 2. The van der Waals surface area contributed by atoms with Crippen molar-refractivity contribution in [2.45, 2.75) is 52.8 Å². The van der Waals surface area contributed by atoms with Gasteiger partial charge in [-0.15, -0.1) is 0 Å². The van der Waals surface area contributed by atoms with E-state index >= 15 is 0 Å². The summed E-state index contributed by atoms with van der Waals surface area (Å²) in [6.45, 7) is 9.27. The molecule has 0 saturated carbocycles. The van der Waals surface area contributed by atoms with Gasteiger partial charge in [0.1, 0.15) is 11.8 Å². The second kappa shape index (κ2) is 5.97. The summed E-state index contributed by atoms with van der Waals surface area (Å²) in [6.07, 6.45) is -1.18. The third-order valence-electron chi connectivity index (χ3n) is 3.48. The van der Waals surface area contributed by atoms with E-state index in [1.54, 1.807) is 27.7 Å². The van der Waals surface area contributed by atoms with Gasteiger partial charge in [0.05, 0.1) is 6.54 Å². The fourth-order valence-electron chi connectivity index (χ4n) is 2.07. The van der Waals surface area contributed by atoms with Crippen molar-refractivity contribution in [1.82, 2.24) is 10.2 Å². The van der Waals surface area contributed by atoms with Crippen LogP contribution in [0.15, 0.2) is 0 Å². The number of amides is 2. The Morgan fingerprint density at radius 2 is 2.05 bits per heavy atom. The van der Waals surface area contributed by atoms with Gasteiger partial charge < -0.3 is 15.0 Å². The molecule has 2 atom stereocenters. The monoisotopic (exact) mass is 288 g/mol. The van der Waals surface area contributed by atoms with Gasteiger partial charge in [-0.2, -0.15) is 0 Å². The predicted octanol–water partition coefficient (Wildman–Crippen LogP) is 2.11. The molecule has 6 heteroatoms. The fraction of sp³-hybridized carbons (Fsp3) is 0.857. The van der Waals surface area contributed by atoms with E-state index in [-0.39, 0.29) is 19.0 Å². The summed E-state index contributed by atoms with van der Waals surface area (Å²) >= 11 is 0. The summed E-state index contributed by atoms with van der Waals surface area (Å²) in [7, 11) is 0. The van der Waals surface area contributed by atoms with Gasteiger partial charge in [-0.1, -0.05) is 6.92 Å². The molecule has 0 bridgehead atoms. The maximum atomic E-state index is 14.3. The quantitative estimate of drug-likeness (QED) is 0.846. The lowest BCUT2D eigenvalue weighted by atomic mass is 9.78. The highest BCUT2D eigenvalue weighted by atomic mass is 19.1. The van der Waals surface area contributed by atoms with Crippen molar-refractivity contribution < 1.29 is 18.7 Å². The number of nitrogens with one attached hydrogen (secondary N) is 1. The molecule has 0 aromatic rings. The molecule has 20 heavy (non-hydrogen) atoms. The average Bonchev–Trinajstić information content (AvgIpc) is 2.28. The summed E-state index contributed by atoms with van der Waals surface area (Å²) in [5.74, 6) is -0.173. The number of ether oxygens (including phenoxy) is 1. The van der Waals surface area contributed by atoms with Crippen LogP contribution in [0.5, 0.6) is 0 Å². The van der Waals surface area contributed by atoms with Gasteiger partial charge in [-0.05, 0) is 27.2 Å². The summed E-state index contributed by atoms with van der Waals surface area (Å²) in [4.78, 5) is 24.2. The molecule has 1 heterocycles. The molecule has 0 aromatic heterocycles. The number of nitrogens with zero attached hydrogens (tertiary/aromatic N) is 1. The molecule has 0 radical (unpaired) electrons. The number of carbonyl (C=O) groups is 2. The van der Waals surface area contributed by atoms with Crippen molar-refractivity contribution in [3.05, 3.63) is 0 Å². The number of hydrogen-bond donors (Lipinski definition) is 1. The second-order valence-electron chi connectivity index (χ2n) is 6.71. The Bertz CT molecular complexity index is 381. The van der Waals surface area contributed by atoms with Crippen LogP contribution in [0.2, 0.25) is 0 Å². The van der Waals surface area contributed by atoms with Gasteiger partial charge in [0.2, 0.25) is 5.91 Å². The highest BCUT2D eigenvalue weighted by molar-refractivity contribution is 5.72. The van der Waals surface area contributed by atoms with Crippen LogP contribution in [0.3, 0.4) is 0 Å². The molecule has 0 unspecified atom stereocenters. The molecular formula is C14H25FN2O3. The molecular weight excluding hydrogens is 263 g/mol. The molecule has 1 fully saturated rings. The first kappa shape index (κ1) is 16.7. The zero-order chi connectivity index (χ0) is 15.6. The van der Waals surface area contributed by atoms with Crippen LogP contribution in [0, 0.1) is 5.41 Å². The Balaban J connectivity index is 2.58. The van der Waals surface area contributed by atoms with Crippen molar-refractivity contribution in [3.8, 4) is 0 Å². The minimum Gasteiger partial charge on any atom is -0.444 e. The molecule has 1 aliphatic heterocycles. The average molecular weight is 288 g/mol. The summed E-state index contributed by atoms with van der Waals surface area (Å²) < 4.78 is 19.6. The Morgan fingerprint density at radius 3 is 2.50 bits per heavy atom. The normalized spacial score (nSPS) is 27.1. The van der Waals surface area contributed by atoms with E-state index in [2.05, 4.69) is 5.32 Å². The third-order valence-corrected chi connectivity index (χ3v) is 3.48. The molecule has 1 saturated heterocycles. The first-order valence-corrected chi connectivity index (χ1v) is 6.90. The Hall–Kier alpha value is -1.33. The maximum absolute atomic E-state index is 14.3. The summed E-state index contributed by atoms with van der Waals surface area (Å²) in [6, 6.07) is 0. The van der Waals surface area contributed by atoms with Gasteiger partial charge in [-0.3, -0.25) is 4.79 Å². The van der Waals surface area contributed by atoms with Crippen LogP contribution in [0.25, 0.3) is 0 Å². The number of piperidine rings is 1. The lowest BCUT2D eigenvalue weighted by molar-refractivity contribution is -0.120. The first-order chi connectivity index (χ1) is 9.03. The topological polar surface area (TPSA) is 58.6 Å². The fourth-order valence-corrected chi connectivity index (χ4v) is 2.07. The van der Waals surface area contributed by atoms with E-state index in [4.69, 9.17) is 4.74 Å². The van der Waals surface area contributed by atoms with E-state index in [0.29, 0.717) is 13.0 Å². The largest absolute Gasteiger partial charge is 0.444 e. The standard InChI is InChI=1S/C14H25FN2O3/c1-10(18)16-9-14(5)6-7-17(8-11(14)15)12(19)20-13(2,3)4/h11H,6-9H2,1-5H3,(H,16,18)/t11-,14+/m0/s1. The third kappa shape index (κ3) is 4.65. The maximum Gasteiger partial charge on any atom is 0.410 e. The van der Waals surface area contributed by atoms with Crippen molar-refractivity contribution in [2.75, 3.05) is 19.6 Å². The Kier molecular flexibility index (Phi) is 5.00. The van der Waals surface area contributed by atoms with Crippen LogP contribution < -0.4 is 5.32 Å². The van der Waals surface area contributed by atoms with E-state index in [1.807, 2.05) is 0 Å². The number of likely N-dealkylation sites (tertiary alicyclic amines) is 1. The predicted molar refractivity (Wildman–Crippen MR) is 74.1 cm³/mol. The molecule has 2 amide bonds. The smallest absolute Gasteiger partial charge is 0.410 e. The van der Waals surface area contributed by atoms with E-state index in [1.165, 1.54) is 11.8 Å².